The van der Waals surface area contributed by atoms with Gasteiger partial charge in [-0.25, -0.2) is 18.0 Å². The molecular weight excluding hydrogens is 367 g/mol. The van der Waals surface area contributed by atoms with Crippen LogP contribution in [0.4, 0.5) is 18.0 Å². The number of amides is 2. The van der Waals surface area contributed by atoms with Gasteiger partial charge in [-0.1, -0.05) is 6.07 Å². The lowest BCUT2D eigenvalue weighted by Crippen LogP contribution is -2.51. The minimum absolute atomic E-state index is 0.106. The molecule has 0 spiro atoms. The molecule has 150 valence electrons. The van der Waals surface area contributed by atoms with Gasteiger partial charge in [0.25, 0.3) is 0 Å². The van der Waals surface area contributed by atoms with Crippen molar-refractivity contribution in [3.8, 4) is 0 Å². The van der Waals surface area contributed by atoms with Crippen molar-refractivity contribution in [1.82, 2.24) is 10.2 Å². The van der Waals surface area contributed by atoms with E-state index in [-0.39, 0.29) is 24.3 Å². The van der Waals surface area contributed by atoms with E-state index in [9.17, 15) is 18.0 Å². The molecule has 1 aliphatic heterocycles. The maximum atomic E-state index is 13.4. The Bertz CT molecular complexity index is 839. The van der Waals surface area contributed by atoms with Crippen LogP contribution in [0.5, 0.6) is 0 Å². The minimum Gasteiger partial charge on any atom is -0.323 e. The fourth-order valence-corrected chi connectivity index (χ4v) is 3.79. The topological polar surface area (TPSA) is 58.4 Å². The van der Waals surface area contributed by atoms with E-state index < -0.39 is 17.8 Å². The van der Waals surface area contributed by atoms with Crippen molar-refractivity contribution in [2.75, 3.05) is 6.54 Å². The van der Waals surface area contributed by atoms with Crippen molar-refractivity contribution >= 4 is 6.03 Å². The first-order chi connectivity index (χ1) is 13.3. The third-order valence-electron chi connectivity index (χ3n) is 5.04. The second kappa shape index (κ2) is 8.65. The van der Waals surface area contributed by atoms with Gasteiger partial charge in [0.2, 0.25) is 0 Å². The molecule has 2 unspecified atom stereocenters. The number of aryl methyl sites for hydroxylation is 1. The molecule has 0 bridgehead atoms. The van der Waals surface area contributed by atoms with Gasteiger partial charge < -0.3 is 16.0 Å². The Labute approximate surface area is 162 Å². The summed E-state index contributed by atoms with van der Waals surface area (Å²) in [7, 11) is 0. The Hall–Kier alpha value is -2.54. The maximum absolute atomic E-state index is 13.4. The third-order valence-corrected chi connectivity index (χ3v) is 5.04. The van der Waals surface area contributed by atoms with Crippen LogP contribution < -0.4 is 11.1 Å². The fourth-order valence-electron chi connectivity index (χ4n) is 3.79. The summed E-state index contributed by atoms with van der Waals surface area (Å²) in [5, 5.41) is 2.71. The van der Waals surface area contributed by atoms with Crippen molar-refractivity contribution in [2.24, 2.45) is 5.73 Å². The van der Waals surface area contributed by atoms with E-state index in [1.807, 2.05) is 6.92 Å². The Kier molecular flexibility index (Phi) is 6.24. The number of hydrogen-bond acceptors (Lipinski definition) is 2. The van der Waals surface area contributed by atoms with Crippen LogP contribution in [-0.2, 0) is 6.42 Å². The lowest BCUT2D eigenvalue weighted by atomic mass is 9.92. The van der Waals surface area contributed by atoms with Crippen LogP contribution in [0.1, 0.15) is 42.0 Å². The number of nitrogens with zero attached hydrogens (tertiary/aromatic N) is 1. The van der Waals surface area contributed by atoms with Gasteiger partial charge >= 0.3 is 6.03 Å². The van der Waals surface area contributed by atoms with Crippen molar-refractivity contribution in [1.29, 1.82) is 0 Å². The molecule has 7 heteroatoms. The van der Waals surface area contributed by atoms with Crippen LogP contribution in [0.25, 0.3) is 0 Å². The predicted molar refractivity (Wildman–Crippen MR) is 101 cm³/mol. The van der Waals surface area contributed by atoms with Gasteiger partial charge in [-0.05, 0) is 67.1 Å². The SMILES string of the molecule is Cc1cc(F)ccc1C1CCCCN1C(=O)NC(N)Cc1cc(F)cc(F)c1. The molecule has 1 fully saturated rings. The van der Waals surface area contributed by atoms with Crippen LogP contribution in [0.15, 0.2) is 36.4 Å². The molecule has 28 heavy (non-hydrogen) atoms. The summed E-state index contributed by atoms with van der Waals surface area (Å²) < 4.78 is 40.1. The smallest absolute Gasteiger partial charge is 0.319 e. The number of carbonyl (C=O) groups excluding carboxylic acids is 1. The predicted octanol–water partition coefficient (Wildman–Crippen LogP) is 4.18. The summed E-state index contributed by atoms with van der Waals surface area (Å²) in [4.78, 5) is 14.5. The molecule has 0 aliphatic carbocycles. The van der Waals surface area contributed by atoms with Crippen molar-refractivity contribution < 1.29 is 18.0 Å². The quantitative estimate of drug-likeness (QED) is 0.769. The molecule has 0 radical (unpaired) electrons. The van der Waals surface area contributed by atoms with Gasteiger partial charge in [0.15, 0.2) is 0 Å². The van der Waals surface area contributed by atoms with E-state index in [0.29, 0.717) is 12.1 Å². The second-order valence-electron chi connectivity index (χ2n) is 7.24. The highest BCUT2D eigenvalue weighted by atomic mass is 19.1. The molecule has 1 heterocycles. The zero-order valence-electron chi connectivity index (χ0n) is 15.7. The summed E-state index contributed by atoms with van der Waals surface area (Å²) in [5.41, 5.74) is 8.07. The van der Waals surface area contributed by atoms with Crippen molar-refractivity contribution in [3.05, 3.63) is 70.5 Å². The molecule has 1 saturated heterocycles. The number of hydrogen-bond donors (Lipinski definition) is 2. The van der Waals surface area contributed by atoms with E-state index in [0.717, 1.165) is 36.5 Å². The summed E-state index contributed by atoms with van der Waals surface area (Å²) in [6.07, 6.45) is 1.94. The van der Waals surface area contributed by atoms with E-state index in [2.05, 4.69) is 5.32 Å². The van der Waals surface area contributed by atoms with E-state index >= 15 is 0 Å². The fraction of sp³-hybridized carbons (Fsp3) is 0.381. The average molecular weight is 391 g/mol. The first-order valence-electron chi connectivity index (χ1n) is 9.37. The first-order valence-corrected chi connectivity index (χ1v) is 9.37. The highest BCUT2D eigenvalue weighted by molar-refractivity contribution is 5.75. The van der Waals surface area contributed by atoms with E-state index in [1.165, 1.54) is 24.3 Å². The number of nitrogens with two attached hydrogens (primary N) is 1. The largest absolute Gasteiger partial charge is 0.323 e. The number of rotatable bonds is 4. The van der Waals surface area contributed by atoms with Gasteiger partial charge in [-0.15, -0.1) is 0 Å². The van der Waals surface area contributed by atoms with Crippen molar-refractivity contribution in [2.45, 2.75) is 44.8 Å². The molecule has 2 aromatic carbocycles. The number of benzene rings is 2. The number of urea groups is 1. The van der Waals surface area contributed by atoms with Crippen LogP contribution in [-0.4, -0.2) is 23.6 Å². The third kappa shape index (κ3) is 4.84. The molecule has 4 nitrogen and oxygen atoms in total. The second-order valence-corrected chi connectivity index (χ2v) is 7.24. The minimum atomic E-state index is -0.786. The Balaban J connectivity index is 1.70. The maximum Gasteiger partial charge on any atom is 0.319 e. The number of nitrogens with one attached hydrogen (secondary N) is 1. The van der Waals surface area contributed by atoms with E-state index in [4.69, 9.17) is 5.73 Å². The van der Waals surface area contributed by atoms with E-state index in [1.54, 1.807) is 11.0 Å². The van der Waals surface area contributed by atoms with Gasteiger partial charge in [0.05, 0.1) is 12.2 Å². The normalized spacial score (nSPS) is 18.0. The summed E-state index contributed by atoms with van der Waals surface area (Å²) in [5.74, 6) is -1.68. The van der Waals surface area contributed by atoms with Gasteiger partial charge in [0.1, 0.15) is 17.5 Å². The zero-order chi connectivity index (χ0) is 20.3. The van der Waals surface area contributed by atoms with Crippen LogP contribution in [0.3, 0.4) is 0 Å². The molecule has 2 atom stereocenters. The van der Waals surface area contributed by atoms with Crippen LogP contribution in [0, 0.1) is 24.4 Å². The summed E-state index contributed by atoms with van der Waals surface area (Å²) in [6, 6.07) is 7.27. The summed E-state index contributed by atoms with van der Waals surface area (Å²) in [6.45, 7) is 2.39. The van der Waals surface area contributed by atoms with Crippen molar-refractivity contribution in [3.63, 3.8) is 0 Å². The van der Waals surface area contributed by atoms with Crippen LogP contribution >= 0.6 is 0 Å². The average Bonchev–Trinajstić information content (AvgIpc) is 2.60. The molecule has 2 amide bonds. The Morgan fingerprint density at radius 3 is 2.54 bits per heavy atom. The monoisotopic (exact) mass is 391 g/mol. The molecule has 1 aliphatic rings. The summed E-state index contributed by atoms with van der Waals surface area (Å²) >= 11 is 0. The first kappa shape index (κ1) is 20.2. The highest BCUT2D eigenvalue weighted by Crippen LogP contribution is 2.33. The number of piperidine rings is 1. The van der Waals surface area contributed by atoms with Crippen LogP contribution in [0.2, 0.25) is 0 Å². The Morgan fingerprint density at radius 1 is 1.14 bits per heavy atom. The van der Waals surface area contributed by atoms with Gasteiger partial charge in [0, 0.05) is 19.0 Å². The standard InChI is InChI=1S/C21H24F3N3O/c1-13-8-15(22)5-6-18(13)19-4-2-3-7-27(19)21(28)26-20(25)11-14-9-16(23)12-17(24)10-14/h5-6,8-10,12,19-20H,2-4,7,11,25H2,1H3,(H,26,28). The van der Waals surface area contributed by atoms with Gasteiger partial charge in [-0.2, -0.15) is 0 Å². The number of carbonyl (C=O) groups is 1. The molecule has 3 N–H and O–H groups in total. The lowest BCUT2D eigenvalue weighted by Gasteiger charge is -2.37. The zero-order valence-corrected chi connectivity index (χ0v) is 15.7. The lowest BCUT2D eigenvalue weighted by molar-refractivity contribution is 0.148. The molecule has 0 saturated carbocycles. The molecular formula is C21H24F3N3O. The molecule has 3 rings (SSSR count). The Morgan fingerprint density at radius 2 is 1.86 bits per heavy atom. The number of halogens is 3. The van der Waals surface area contributed by atoms with Gasteiger partial charge in [-0.3, -0.25) is 0 Å². The molecule has 0 aromatic heterocycles. The highest BCUT2D eigenvalue weighted by Gasteiger charge is 2.29. The number of likely N-dealkylation sites (tertiary alicyclic amines) is 1. The molecule has 2 aromatic rings.